The van der Waals surface area contributed by atoms with E-state index in [1.54, 1.807) is 0 Å². The summed E-state index contributed by atoms with van der Waals surface area (Å²) in [6.07, 6.45) is 4.39. The van der Waals surface area contributed by atoms with Gasteiger partial charge in [0, 0.05) is 18.5 Å². The zero-order valence-corrected chi connectivity index (χ0v) is 14.4. The average molecular weight is 335 g/mol. The van der Waals surface area contributed by atoms with Gasteiger partial charge >= 0.3 is 0 Å². The van der Waals surface area contributed by atoms with E-state index in [0.29, 0.717) is 18.5 Å². The summed E-state index contributed by atoms with van der Waals surface area (Å²) >= 11 is 0. The molecule has 1 aliphatic heterocycles. The van der Waals surface area contributed by atoms with Gasteiger partial charge in [-0.15, -0.1) is 0 Å². The number of benzene rings is 2. The highest BCUT2D eigenvalue weighted by Gasteiger charge is 2.22. The molecular formula is C21H25N3O. The lowest BCUT2D eigenvalue weighted by molar-refractivity contribution is 0.262. The molecule has 0 radical (unpaired) electrons. The van der Waals surface area contributed by atoms with Crippen molar-refractivity contribution in [1.29, 1.82) is 0 Å². The van der Waals surface area contributed by atoms with Crippen molar-refractivity contribution in [2.24, 2.45) is 10.7 Å². The second kappa shape index (κ2) is 7.18. The van der Waals surface area contributed by atoms with Gasteiger partial charge in [0.05, 0.1) is 12.6 Å². The third-order valence-electron chi connectivity index (χ3n) is 5.30. The molecule has 2 aliphatic rings. The summed E-state index contributed by atoms with van der Waals surface area (Å²) in [4.78, 5) is 4.57. The highest BCUT2D eigenvalue weighted by atomic mass is 16.5. The number of nitrogens with zero attached hydrogens (tertiary/aromatic N) is 1. The Bertz CT molecular complexity index is 771. The Labute approximate surface area is 149 Å². The smallest absolute Gasteiger partial charge is 0.189 e. The van der Waals surface area contributed by atoms with E-state index >= 15 is 0 Å². The van der Waals surface area contributed by atoms with Crippen molar-refractivity contribution in [3.8, 4) is 5.75 Å². The molecule has 2 atom stereocenters. The number of hydrogen-bond acceptors (Lipinski definition) is 2. The van der Waals surface area contributed by atoms with E-state index in [1.807, 2.05) is 18.2 Å². The van der Waals surface area contributed by atoms with E-state index in [1.165, 1.54) is 24.0 Å². The molecular weight excluding hydrogens is 310 g/mol. The fourth-order valence-corrected chi connectivity index (χ4v) is 4.00. The minimum absolute atomic E-state index is 0.181. The number of aliphatic imine (C=N–C) groups is 1. The van der Waals surface area contributed by atoms with Gasteiger partial charge in [-0.2, -0.15) is 0 Å². The number of guanidine groups is 1. The second-order valence-electron chi connectivity index (χ2n) is 6.86. The van der Waals surface area contributed by atoms with E-state index in [2.05, 4.69) is 40.6 Å². The average Bonchev–Trinajstić information content (AvgIpc) is 3.05. The van der Waals surface area contributed by atoms with Crippen molar-refractivity contribution < 1.29 is 4.74 Å². The Morgan fingerprint density at radius 1 is 1.08 bits per heavy atom. The molecule has 0 fully saturated rings. The monoisotopic (exact) mass is 335 g/mol. The first-order chi connectivity index (χ1) is 12.3. The van der Waals surface area contributed by atoms with Crippen LogP contribution in [0.25, 0.3) is 0 Å². The molecule has 0 aromatic heterocycles. The van der Waals surface area contributed by atoms with Crippen LogP contribution in [0.2, 0.25) is 0 Å². The number of para-hydroxylation sites is 1. The number of rotatable bonds is 4. The topological polar surface area (TPSA) is 59.6 Å². The molecule has 130 valence electrons. The fraction of sp³-hybridized carbons (Fsp3) is 0.381. The molecule has 1 aliphatic carbocycles. The summed E-state index contributed by atoms with van der Waals surface area (Å²) in [7, 11) is 0. The Balaban J connectivity index is 1.34. The molecule has 2 unspecified atom stereocenters. The number of nitrogens with two attached hydrogens (primary N) is 1. The highest BCUT2D eigenvalue weighted by molar-refractivity contribution is 5.78. The Morgan fingerprint density at radius 2 is 1.88 bits per heavy atom. The molecule has 0 amide bonds. The second-order valence-corrected chi connectivity index (χ2v) is 6.86. The molecule has 1 heterocycles. The third-order valence-corrected chi connectivity index (χ3v) is 5.30. The van der Waals surface area contributed by atoms with Crippen LogP contribution in [0.4, 0.5) is 0 Å². The molecule has 4 heteroatoms. The maximum Gasteiger partial charge on any atom is 0.189 e. The lowest BCUT2D eigenvalue weighted by Crippen LogP contribution is -2.37. The van der Waals surface area contributed by atoms with Crippen molar-refractivity contribution in [1.82, 2.24) is 5.32 Å². The molecule has 4 nitrogen and oxygen atoms in total. The van der Waals surface area contributed by atoms with Crippen LogP contribution in [0.15, 0.2) is 53.5 Å². The van der Waals surface area contributed by atoms with Crippen LogP contribution in [-0.2, 0) is 6.42 Å². The lowest BCUT2D eigenvalue weighted by atomic mass is 9.98. The first-order valence-corrected chi connectivity index (χ1v) is 9.17. The van der Waals surface area contributed by atoms with Crippen LogP contribution < -0.4 is 15.8 Å². The van der Waals surface area contributed by atoms with Crippen molar-refractivity contribution in [2.75, 3.05) is 13.2 Å². The molecule has 3 N–H and O–H groups in total. The van der Waals surface area contributed by atoms with Gasteiger partial charge in [-0.25, -0.2) is 0 Å². The zero-order chi connectivity index (χ0) is 17.1. The lowest BCUT2D eigenvalue weighted by Gasteiger charge is -2.27. The predicted octanol–water partition coefficient (Wildman–Crippen LogP) is 3.53. The summed E-state index contributed by atoms with van der Waals surface area (Å²) in [5.74, 6) is 2.10. The summed E-state index contributed by atoms with van der Waals surface area (Å²) in [5.41, 5.74) is 10.3. The predicted molar refractivity (Wildman–Crippen MR) is 101 cm³/mol. The van der Waals surface area contributed by atoms with Gasteiger partial charge in [-0.05, 0) is 42.4 Å². The molecule has 4 rings (SSSR count). The number of nitrogens with one attached hydrogen (secondary N) is 1. The quantitative estimate of drug-likeness (QED) is 0.664. The van der Waals surface area contributed by atoms with Gasteiger partial charge in [0.1, 0.15) is 5.75 Å². The summed E-state index contributed by atoms with van der Waals surface area (Å²) in [5, 5.41) is 3.37. The van der Waals surface area contributed by atoms with Gasteiger partial charge in [-0.3, -0.25) is 4.99 Å². The maximum absolute atomic E-state index is 6.14. The number of hydrogen-bond donors (Lipinski definition) is 2. The van der Waals surface area contributed by atoms with Gasteiger partial charge in [-0.1, -0.05) is 42.5 Å². The number of aryl methyl sites for hydroxylation is 1. The van der Waals surface area contributed by atoms with Gasteiger partial charge < -0.3 is 15.8 Å². The van der Waals surface area contributed by atoms with Gasteiger partial charge in [0.25, 0.3) is 0 Å². The Hall–Kier alpha value is -2.49. The standard InChI is InChI=1S/C21H25N3O/c22-21(24-19-12-14-25-20-8-4-3-7-18(19)20)23-13-11-16-10-9-15-5-1-2-6-17(15)16/h1-8,16,19H,9-14H2,(H3,22,23,24). The Kier molecular flexibility index (Phi) is 4.59. The summed E-state index contributed by atoms with van der Waals surface area (Å²) < 4.78 is 5.70. The van der Waals surface area contributed by atoms with Crippen LogP contribution in [-0.4, -0.2) is 19.1 Å². The molecule has 0 spiro atoms. The van der Waals surface area contributed by atoms with Crippen LogP contribution in [0.5, 0.6) is 5.75 Å². The summed E-state index contributed by atoms with van der Waals surface area (Å²) in [6.45, 7) is 1.48. The normalized spacial score (nSPS) is 22.0. The van der Waals surface area contributed by atoms with E-state index in [-0.39, 0.29) is 6.04 Å². The Morgan fingerprint density at radius 3 is 2.80 bits per heavy atom. The van der Waals surface area contributed by atoms with Crippen molar-refractivity contribution in [3.05, 3.63) is 65.2 Å². The minimum atomic E-state index is 0.181. The van der Waals surface area contributed by atoms with Gasteiger partial charge in [0.15, 0.2) is 5.96 Å². The van der Waals surface area contributed by atoms with Crippen molar-refractivity contribution in [3.63, 3.8) is 0 Å². The van der Waals surface area contributed by atoms with Gasteiger partial charge in [0.2, 0.25) is 0 Å². The van der Waals surface area contributed by atoms with Crippen LogP contribution in [0, 0.1) is 0 Å². The SMILES string of the molecule is NC(=NCCC1CCc2ccccc21)NC1CCOc2ccccc21. The molecule has 2 aromatic carbocycles. The van der Waals surface area contributed by atoms with Crippen molar-refractivity contribution >= 4 is 5.96 Å². The number of fused-ring (bicyclic) bond motifs is 2. The van der Waals surface area contributed by atoms with Crippen LogP contribution in [0.3, 0.4) is 0 Å². The first kappa shape index (κ1) is 16.0. The molecule has 0 saturated heterocycles. The largest absolute Gasteiger partial charge is 0.493 e. The van der Waals surface area contributed by atoms with E-state index in [0.717, 1.165) is 30.7 Å². The molecule has 25 heavy (non-hydrogen) atoms. The zero-order valence-electron chi connectivity index (χ0n) is 14.4. The van der Waals surface area contributed by atoms with Crippen molar-refractivity contribution in [2.45, 2.75) is 37.6 Å². The van der Waals surface area contributed by atoms with E-state index in [9.17, 15) is 0 Å². The molecule has 0 saturated carbocycles. The molecule has 2 aromatic rings. The van der Waals surface area contributed by atoms with Crippen LogP contribution in [0.1, 0.15) is 47.9 Å². The minimum Gasteiger partial charge on any atom is -0.493 e. The van der Waals surface area contributed by atoms with E-state index in [4.69, 9.17) is 10.5 Å². The highest BCUT2D eigenvalue weighted by Crippen LogP contribution is 2.35. The molecule has 0 bridgehead atoms. The first-order valence-electron chi connectivity index (χ1n) is 9.17. The third kappa shape index (κ3) is 3.48. The summed E-state index contributed by atoms with van der Waals surface area (Å²) in [6, 6.07) is 17.1. The fourth-order valence-electron chi connectivity index (χ4n) is 4.00. The van der Waals surface area contributed by atoms with Crippen LogP contribution >= 0.6 is 0 Å². The number of ether oxygens (including phenoxy) is 1. The maximum atomic E-state index is 6.14. The van der Waals surface area contributed by atoms with E-state index < -0.39 is 0 Å².